The second-order valence-corrected chi connectivity index (χ2v) is 6.13. The van der Waals surface area contributed by atoms with Crippen LogP contribution in [0.1, 0.15) is 25.3 Å². The molecule has 1 unspecified atom stereocenters. The molecule has 1 atom stereocenters. The molecule has 20 heavy (non-hydrogen) atoms. The third-order valence-corrected chi connectivity index (χ3v) is 3.92. The van der Waals surface area contributed by atoms with Crippen LogP contribution in [0.25, 0.3) is 6.08 Å². The third kappa shape index (κ3) is 6.49. The highest BCUT2D eigenvalue weighted by Crippen LogP contribution is 2.08. The van der Waals surface area contributed by atoms with E-state index >= 15 is 0 Å². The van der Waals surface area contributed by atoms with Crippen molar-refractivity contribution in [1.82, 2.24) is 4.72 Å². The van der Waals surface area contributed by atoms with Gasteiger partial charge in [0.1, 0.15) is 0 Å². The van der Waals surface area contributed by atoms with E-state index in [0.717, 1.165) is 11.0 Å². The largest absolute Gasteiger partial charge is 0.481 e. The summed E-state index contributed by atoms with van der Waals surface area (Å²) in [5.41, 5.74) is 0.787. The van der Waals surface area contributed by atoms with Gasteiger partial charge in [-0.1, -0.05) is 43.7 Å². The molecule has 1 aromatic carbocycles. The summed E-state index contributed by atoms with van der Waals surface area (Å²) >= 11 is 0. The molecule has 0 aliphatic heterocycles. The van der Waals surface area contributed by atoms with Crippen LogP contribution in [-0.4, -0.2) is 26.0 Å². The van der Waals surface area contributed by atoms with Gasteiger partial charge in [0.25, 0.3) is 0 Å². The maximum atomic E-state index is 11.8. The van der Waals surface area contributed by atoms with Crippen LogP contribution in [0.2, 0.25) is 0 Å². The van der Waals surface area contributed by atoms with E-state index in [-0.39, 0.29) is 18.9 Å². The van der Waals surface area contributed by atoms with E-state index in [1.54, 1.807) is 12.1 Å². The van der Waals surface area contributed by atoms with Crippen LogP contribution in [-0.2, 0) is 14.8 Å². The molecule has 0 saturated carbocycles. The zero-order valence-corrected chi connectivity index (χ0v) is 12.1. The fourth-order valence-electron chi connectivity index (χ4n) is 1.62. The summed E-state index contributed by atoms with van der Waals surface area (Å²) in [6, 6.07) is 9.08. The van der Waals surface area contributed by atoms with Crippen molar-refractivity contribution in [2.24, 2.45) is 5.92 Å². The molecular weight excluding hydrogens is 278 g/mol. The molecule has 110 valence electrons. The van der Waals surface area contributed by atoms with Crippen molar-refractivity contribution in [3.05, 3.63) is 41.3 Å². The van der Waals surface area contributed by atoms with E-state index in [2.05, 4.69) is 4.72 Å². The average Bonchev–Trinajstić information content (AvgIpc) is 2.42. The quantitative estimate of drug-likeness (QED) is 0.769. The molecule has 0 amide bonds. The van der Waals surface area contributed by atoms with Crippen LogP contribution in [0.3, 0.4) is 0 Å². The predicted octanol–water partition coefficient (Wildman–Crippen LogP) is 2.08. The normalized spacial score (nSPS) is 13.4. The lowest BCUT2D eigenvalue weighted by molar-refractivity contribution is -0.138. The maximum Gasteiger partial charge on any atom is 0.303 e. The molecule has 2 N–H and O–H groups in total. The molecule has 0 aromatic heterocycles. The molecule has 0 fully saturated rings. The van der Waals surface area contributed by atoms with E-state index in [0.29, 0.717) is 6.42 Å². The number of aliphatic carboxylic acids is 1. The highest BCUT2D eigenvalue weighted by molar-refractivity contribution is 7.92. The Morgan fingerprint density at radius 3 is 2.55 bits per heavy atom. The summed E-state index contributed by atoms with van der Waals surface area (Å²) in [4.78, 5) is 10.6. The van der Waals surface area contributed by atoms with Crippen molar-refractivity contribution < 1.29 is 18.3 Å². The van der Waals surface area contributed by atoms with Gasteiger partial charge >= 0.3 is 5.97 Å². The van der Waals surface area contributed by atoms with Gasteiger partial charge in [0.2, 0.25) is 10.0 Å². The fraction of sp³-hybridized carbons (Fsp3) is 0.357. The van der Waals surface area contributed by atoms with Crippen LogP contribution < -0.4 is 4.72 Å². The number of nitrogens with one attached hydrogen (secondary N) is 1. The first-order valence-electron chi connectivity index (χ1n) is 6.37. The lowest BCUT2D eigenvalue weighted by Crippen LogP contribution is -2.28. The van der Waals surface area contributed by atoms with Crippen LogP contribution in [0.4, 0.5) is 0 Å². The highest BCUT2D eigenvalue weighted by atomic mass is 32.2. The summed E-state index contributed by atoms with van der Waals surface area (Å²) in [6.45, 7) is 1.96. The highest BCUT2D eigenvalue weighted by Gasteiger charge is 2.14. The van der Waals surface area contributed by atoms with Crippen LogP contribution >= 0.6 is 0 Å². The number of hydrogen-bond donors (Lipinski definition) is 2. The van der Waals surface area contributed by atoms with Crippen LogP contribution in [0.5, 0.6) is 0 Å². The average molecular weight is 297 g/mol. The Morgan fingerprint density at radius 1 is 1.35 bits per heavy atom. The number of carboxylic acid groups (broad SMARTS) is 1. The molecule has 0 radical (unpaired) electrons. The zero-order valence-electron chi connectivity index (χ0n) is 11.3. The van der Waals surface area contributed by atoms with E-state index < -0.39 is 16.0 Å². The molecule has 0 heterocycles. The van der Waals surface area contributed by atoms with Crippen molar-refractivity contribution in [1.29, 1.82) is 0 Å². The Bertz CT molecular complexity index is 552. The molecular formula is C14H19NO4S. The van der Waals surface area contributed by atoms with Crippen molar-refractivity contribution in [3.8, 4) is 0 Å². The van der Waals surface area contributed by atoms with E-state index in [1.165, 1.54) is 6.08 Å². The van der Waals surface area contributed by atoms with Gasteiger partial charge in [-0.25, -0.2) is 13.1 Å². The Morgan fingerprint density at radius 2 is 2.00 bits per heavy atom. The minimum absolute atomic E-state index is 0.0403. The number of carboxylic acids is 1. The minimum atomic E-state index is -3.54. The van der Waals surface area contributed by atoms with Crippen LogP contribution in [0.15, 0.2) is 35.7 Å². The molecule has 1 rings (SSSR count). The molecule has 6 heteroatoms. The first-order chi connectivity index (χ1) is 9.43. The van der Waals surface area contributed by atoms with E-state index in [9.17, 15) is 13.2 Å². The molecule has 0 aliphatic carbocycles. The first-order valence-corrected chi connectivity index (χ1v) is 7.92. The number of carbonyl (C=O) groups is 1. The van der Waals surface area contributed by atoms with Crippen LogP contribution in [0, 0.1) is 5.92 Å². The lowest BCUT2D eigenvalue weighted by Gasteiger charge is -2.12. The van der Waals surface area contributed by atoms with Crippen molar-refractivity contribution in [2.75, 3.05) is 6.54 Å². The summed E-state index contributed by atoms with van der Waals surface area (Å²) in [5, 5.41) is 9.80. The van der Waals surface area contributed by atoms with E-state index in [1.807, 2.05) is 25.1 Å². The smallest absolute Gasteiger partial charge is 0.303 e. The predicted molar refractivity (Wildman–Crippen MR) is 78.4 cm³/mol. The van der Waals surface area contributed by atoms with Crippen molar-refractivity contribution in [3.63, 3.8) is 0 Å². The van der Waals surface area contributed by atoms with Gasteiger partial charge in [0.15, 0.2) is 0 Å². The summed E-state index contributed by atoms with van der Waals surface area (Å²) in [6.07, 6.45) is 2.07. The van der Waals surface area contributed by atoms with Gasteiger partial charge in [-0.2, -0.15) is 0 Å². The lowest BCUT2D eigenvalue weighted by atomic mass is 10.0. The second kappa shape index (κ2) is 7.81. The third-order valence-electron chi connectivity index (χ3n) is 2.85. The van der Waals surface area contributed by atoms with Gasteiger partial charge in [0, 0.05) is 18.4 Å². The van der Waals surface area contributed by atoms with Crippen molar-refractivity contribution in [2.45, 2.75) is 19.8 Å². The Balaban J connectivity index is 2.57. The van der Waals surface area contributed by atoms with Gasteiger partial charge in [-0.15, -0.1) is 0 Å². The monoisotopic (exact) mass is 297 g/mol. The molecule has 0 bridgehead atoms. The van der Waals surface area contributed by atoms with E-state index in [4.69, 9.17) is 5.11 Å². The molecule has 0 aliphatic rings. The number of rotatable bonds is 8. The second-order valence-electron chi connectivity index (χ2n) is 4.48. The minimum Gasteiger partial charge on any atom is -0.481 e. The Kier molecular flexibility index (Phi) is 6.41. The first kappa shape index (κ1) is 16.4. The Labute approximate surface area is 119 Å². The standard InChI is InChI=1S/C14H19NO4S/c1-2-12(10-14(16)17)11-15-20(18,19)9-8-13-6-4-3-5-7-13/h3-9,12,15H,2,10-11H2,1H3,(H,16,17)/b9-8+. The summed E-state index contributed by atoms with van der Waals surface area (Å²) in [7, 11) is -3.54. The van der Waals surface area contributed by atoms with Crippen molar-refractivity contribution >= 4 is 22.1 Å². The molecule has 5 nitrogen and oxygen atoms in total. The SMILES string of the molecule is CCC(CNS(=O)(=O)/C=C/c1ccccc1)CC(=O)O. The number of sulfonamides is 1. The molecule has 0 spiro atoms. The van der Waals surface area contributed by atoms with Gasteiger partial charge < -0.3 is 5.11 Å². The van der Waals surface area contributed by atoms with Gasteiger partial charge in [-0.05, 0) is 17.6 Å². The number of benzene rings is 1. The Hall–Kier alpha value is -1.66. The summed E-state index contributed by atoms with van der Waals surface area (Å²) < 4.78 is 25.9. The maximum absolute atomic E-state index is 11.8. The number of hydrogen-bond acceptors (Lipinski definition) is 3. The molecule has 0 saturated heterocycles. The zero-order chi connectivity index (χ0) is 15.0. The topological polar surface area (TPSA) is 83.5 Å². The van der Waals surface area contributed by atoms with Gasteiger partial charge in [0.05, 0.1) is 0 Å². The molecule has 1 aromatic rings. The van der Waals surface area contributed by atoms with Gasteiger partial charge in [-0.3, -0.25) is 4.79 Å². The summed E-state index contributed by atoms with van der Waals surface area (Å²) in [5.74, 6) is -1.12. The fourth-order valence-corrected chi connectivity index (χ4v) is 2.52.